The maximum atomic E-state index is 13.9. The van der Waals surface area contributed by atoms with Crippen LogP contribution in [0.15, 0.2) is 109 Å². The highest BCUT2D eigenvalue weighted by Gasteiger charge is 2.33. The van der Waals surface area contributed by atoms with Gasteiger partial charge in [-0.1, -0.05) is 85.6 Å². The molecule has 0 heterocycles. The molecule has 0 aliphatic heterocycles. The van der Waals surface area contributed by atoms with Gasteiger partial charge in [0.25, 0.3) is 5.91 Å². The zero-order valence-corrected chi connectivity index (χ0v) is 24.7. The van der Waals surface area contributed by atoms with Crippen LogP contribution in [0.5, 0.6) is 11.5 Å². The number of phosphoric ester groups is 1. The summed E-state index contributed by atoms with van der Waals surface area (Å²) >= 11 is 12.1. The Labute approximate surface area is 240 Å². The van der Waals surface area contributed by atoms with E-state index in [1.807, 2.05) is 58.1 Å². The average molecular weight is 588 g/mol. The Balaban J connectivity index is 0.00000260. The van der Waals surface area contributed by atoms with Crippen molar-refractivity contribution in [1.82, 2.24) is 0 Å². The lowest BCUT2D eigenvalue weighted by atomic mass is 10.2. The number of hydrogen-bond acceptors (Lipinski definition) is 5. The number of rotatable bonds is 11. The fourth-order valence-corrected chi connectivity index (χ4v) is 4.56. The maximum Gasteiger partial charge on any atom is 0.587 e. The minimum atomic E-state index is -4.28. The molecule has 3 rings (SSSR count). The fourth-order valence-electron chi connectivity index (χ4n) is 3.03. The second-order valence-electron chi connectivity index (χ2n) is 7.59. The fraction of sp³-hybridized carbons (Fsp3) is 0.167. The second kappa shape index (κ2) is 16.6. The second-order valence-corrected chi connectivity index (χ2v) is 9.98. The Morgan fingerprint density at radius 1 is 0.897 bits per heavy atom. The normalized spacial score (nSPS) is 12.9. The van der Waals surface area contributed by atoms with Crippen LogP contribution in [0.3, 0.4) is 0 Å². The average Bonchev–Trinajstić information content (AvgIpc) is 2.94. The van der Waals surface area contributed by atoms with Crippen LogP contribution in [0.2, 0.25) is 10.0 Å². The van der Waals surface area contributed by atoms with Crippen LogP contribution in [0.4, 0.5) is 5.69 Å². The van der Waals surface area contributed by atoms with Gasteiger partial charge in [-0.3, -0.25) is 9.32 Å². The van der Waals surface area contributed by atoms with Crippen LogP contribution in [0.25, 0.3) is 0 Å². The molecule has 1 N–H and O–H groups in total. The number of anilines is 1. The molecular formula is C30H32Cl2NO5P. The highest BCUT2D eigenvalue weighted by atomic mass is 35.5. The summed E-state index contributed by atoms with van der Waals surface area (Å²) in [4.78, 5) is 13.1. The van der Waals surface area contributed by atoms with Crippen molar-refractivity contribution in [2.45, 2.75) is 27.7 Å². The number of carbonyl (C=O) groups excluding carboxylic acids is 1. The summed E-state index contributed by atoms with van der Waals surface area (Å²) in [6.45, 7) is 7.67. The number of phosphoric acid groups is 1. The molecule has 0 saturated carbocycles. The van der Waals surface area contributed by atoms with Gasteiger partial charge in [-0.25, -0.2) is 4.57 Å². The molecule has 0 bridgehead atoms. The number of carbonyl (C=O) groups is 1. The highest BCUT2D eigenvalue weighted by Crippen LogP contribution is 2.51. The molecule has 1 atom stereocenters. The van der Waals surface area contributed by atoms with Gasteiger partial charge in [-0.15, -0.1) is 0 Å². The molecule has 0 aliphatic rings. The number of nitrogens with one attached hydrogen (secondary N) is 1. The molecule has 3 aromatic carbocycles. The van der Waals surface area contributed by atoms with E-state index in [0.717, 1.165) is 5.57 Å². The van der Waals surface area contributed by atoms with E-state index < -0.39 is 13.7 Å². The topological polar surface area (TPSA) is 73.9 Å². The highest BCUT2D eigenvalue weighted by molar-refractivity contribution is 7.49. The molecule has 206 valence electrons. The lowest BCUT2D eigenvalue weighted by Gasteiger charge is -2.21. The lowest BCUT2D eigenvalue weighted by molar-refractivity contribution is 0.102. The predicted octanol–water partition coefficient (Wildman–Crippen LogP) is 9.93. The summed E-state index contributed by atoms with van der Waals surface area (Å²) < 4.78 is 31.1. The minimum absolute atomic E-state index is 0.0276. The maximum absolute atomic E-state index is 13.9. The van der Waals surface area contributed by atoms with Crippen LogP contribution in [-0.4, -0.2) is 12.5 Å². The third-order valence-corrected chi connectivity index (χ3v) is 6.52. The van der Waals surface area contributed by atoms with E-state index in [0.29, 0.717) is 10.7 Å². The van der Waals surface area contributed by atoms with Crippen LogP contribution in [-0.2, 0) is 9.09 Å². The van der Waals surface area contributed by atoms with E-state index in [1.54, 1.807) is 54.6 Å². The summed E-state index contributed by atoms with van der Waals surface area (Å²) in [5.41, 5.74) is 1.28. The van der Waals surface area contributed by atoms with Crippen molar-refractivity contribution in [2.75, 3.05) is 11.9 Å². The Hall–Kier alpha value is -3.28. The van der Waals surface area contributed by atoms with Gasteiger partial charge < -0.3 is 14.4 Å². The molecule has 39 heavy (non-hydrogen) atoms. The molecule has 3 aromatic rings. The van der Waals surface area contributed by atoms with Crippen molar-refractivity contribution in [3.05, 3.63) is 124 Å². The molecule has 0 aliphatic carbocycles. The van der Waals surface area contributed by atoms with Gasteiger partial charge in [0.05, 0.1) is 12.2 Å². The monoisotopic (exact) mass is 587 g/mol. The summed E-state index contributed by atoms with van der Waals surface area (Å²) in [5.74, 6) is -0.286. The van der Waals surface area contributed by atoms with Gasteiger partial charge in [0.1, 0.15) is 11.5 Å². The number of allylic oxidation sites excluding steroid dienone is 4. The lowest BCUT2D eigenvalue weighted by Crippen LogP contribution is -2.15. The van der Waals surface area contributed by atoms with Crippen molar-refractivity contribution < 1.29 is 22.9 Å². The SMILES string of the molecule is CC.C\C=C/C=C(\C=C/C)COP(=O)(Oc1ccccc1)Oc1ccc(Cl)cc1C(=O)Nc1ccc(Cl)cc1. The molecule has 0 aromatic heterocycles. The van der Waals surface area contributed by atoms with Crippen molar-refractivity contribution in [3.8, 4) is 11.5 Å². The Morgan fingerprint density at radius 3 is 2.21 bits per heavy atom. The molecule has 0 radical (unpaired) electrons. The third-order valence-electron chi connectivity index (χ3n) is 4.73. The van der Waals surface area contributed by atoms with Gasteiger partial charge in [-0.2, -0.15) is 0 Å². The van der Waals surface area contributed by atoms with Crippen LogP contribution < -0.4 is 14.4 Å². The number of para-hydroxylation sites is 1. The molecular weight excluding hydrogens is 556 g/mol. The molecule has 0 saturated heterocycles. The Bertz CT molecular complexity index is 1340. The summed E-state index contributed by atoms with van der Waals surface area (Å²) in [6, 6.07) is 19.4. The van der Waals surface area contributed by atoms with Crippen LogP contribution in [0, 0.1) is 0 Å². The summed E-state index contributed by atoms with van der Waals surface area (Å²) in [6.07, 6.45) is 9.17. The third kappa shape index (κ3) is 10.8. The molecule has 0 spiro atoms. The Kier molecular flexibility index (Phi) is 13.6. The van der Waals surface area contributed by atoms with Gasteiger partial charge >= 0.3 is 7.82 Å². The van der Waals surface area contributed by atoms with Crippen molar-refractivity contribution >= 4 is 42.6 Å². The first-order valence-electron chi connectivity index (χ1n) is 12.3. The number of hydrogen-bond donors (Lipinski definition) is 1. The van der Waals surface area contributed by atoms with E-state index in [1.165, 1.54) is 18.2 Å². The summed E-state index contributed by atoms with van der Waals surface area (Å²) in [5, 5.41) is 3.56. The smallest absolute Gasteiger partial charge is 0.395 e. The van der Waals surface area contributed by atoms with Crippen LogP contribution in [0.1, 0.15) is 38.1 Å². The Morgan fingerprint density at radius 2 is 1.56 bits per heavy atom. The predicted molar refractivity (Wildman–Crippen MR) is 161 cm³/mol. The van der Waals surface area contributed by atoms with E-state index >= 15 is 0 Å². The molecule has 6 nitrogen and oxygen atoms in total. The van der Waals surface area contributed by atoms with Gasteiger partial charge in [0, 0.05) is 15.7 Å². The van der Waals surface area contributed by atoms with Crippen molar-refractivity contribution in [1.29, 1.82) is 0 Å². The standard InChI is InChI=1S/C28H26Cl2NO5P.C2H6/c1-3-5-10-21(9-4-2)20-34-37(33,35-25-11-7-6-8-12-25)36-27-18-15-23(30)19-26(27)28(32)31-24-16-13-22(29)14-17-24;1-2/h3-19H,20H2,1-2H3,(H,31,32);1-2H3/b5-3-,9-4-,21-10+;. The molecule has 1 unspecified atom stereocenters. The van der Waals surface area contributed by atoms with Gasteiger partial charge in [-0.05, 0) is 74.0 Å². The first kappa shape index (κ1) is 31.9. The summed E-state index contributed by atoms with van der Waals surface area (Å²) in [7, 11) is -4.28. The van der Waals surface area contributed by atoms with E-state index in [9.17, 15) is 9.36 Å². The largest absolute Gasteiger partial charge is 0.587 e. The first-order chi connectivity index (χ1) is 18.8. The first-order valence-corrected chi connectivity index (χ1v) is 14.5. The zero-order valence-electron chi connectivity index (χ0n) is 22.3. The van der Waals surface area contributed by atoms with Gasteiger partial charge in [0.2, 0.25) is 0 Å². The molecule has 9 heteroatoms. The number of halogens is 2. The number of amides is 1. The molecule has 1 amide bonds. The van der Waals surface area contributed by atoms with Crippen molar-refractivity contribution in [3.63, 3.8) is 0 Å². The molecule has 0 fully saturated rings. The van der Waals surface area contributed by atoms with E-state index in [4.69, 9.17) is 36.8 Å². The van der Waals surface area contributed by atoms with Crippen LogP contribution >= 0.6 is 31.0 Å². The van der Waals surface area contributed by atoms with Gasteiger partial charge in [0.15, 0.2) is 0 Å². The van der Waals surface area contributed by atoms with E-state index in [2.05, 4.69) is 5.32 Å². The quantitative estimate of drug-likeness (QED) is 0.178. The minimum Gasteiger partial charge on any atom is -0.395 e. The zero-order chi connectivity index (χ0) is 28.7. The van der Waals surface area contributed by atoms with Crippen molar-refractivity contribution in [2.24, 2.45) is 0 Å². The number of benzene rings is 3. The van der Waals surface area contributed by atoms with E-state index in [-0.39, 0.29) is 28.7 Å².